The first kappa shape index (κ1) is 25.0. The number of rotatable bonds is 7. The maximum Gasteiger partial charge on any atom is 0.0953 e. The highest BCUT2D eigenvalue weighted by Crippen LogP contribution is 2.42. The molecule has 0 N–H and O–H groups in total. The molecule has 5 aromatic rings. The molecule has 2 nitrogen and oxygen atoms in total. The highest BCUT2D eigenvalue weighted by Gasteiger charge is 2.39. The molecule has 1 aromatic heterocycles. The van der Waals surface area contributed by atoms with Crippen LogP contribution in [0.2, 0.25) is 5.54 Å². The SMILES string of the molecule is [B]C(c1ccccc1)c1ccccc1.c1ccc(C([SiH2]C2CCC2)(c2ccccc2)n2ccnc2)cc1. The van der Waals surface area contributed by atoms with E-state index in [1.165, 1.54) is 30.4 Å². The van der Waals surface area contributed by atoms with E-state index in [1.807, 2.05) is 48.9 Å². The van der Waals surface area contributed by atoms with Gasteiger partial charge in [0.1, 0.15) is 0 Å². The molecule has 1 aliphatic carbocycles. The van der Waals surface area contributed by atoms with Crippen molar-refractivity contribution in [3.05, 3.63) is 162 Å². The van der Waals surface area contributed by atoms with Gasteiger partial charge in [0.25, 0.3) is 0 Å². The normalized spacial score (nSPS) is 13.8. The third-order valence-corrected chi connectivity index (χ3v) is 10.7. The van der Waals surface area contributed by atoms with Crippen LogP contribution >= 0.6 is 0 Å². The van der Waals surface area contributed by atoms with Crippen molar-refractivity contribution >= 4 is 17.4 Å². The summed E-state index contributed by atoms with van der Waals surface area (Å²) in [6.07, 6.45) is 10.3. The van der Waals surface area contributed by atoms with Gasteiger partial charge in [-0.25, -0.2) is 4.98 Å². The average Bonchev–Trinajstić information content (AvgIpc) is 3.50. The van der Waals surface area contributed by atoms with Gasteiger partial charge in [0.15, 0.2) is 0 Å². The van der Waals surface area contributed by atoms with Gasteiger partial charge in [-0.1, -0.05) is 141 Å². The largest absolute Gasteiger partial charge is 0.327 e. The molecule has 0 saturated heterocycles. The van der Waals surface area contributed by atoms with E-state index in [-0.39, 0.29) is 11.0 Å². The Morgan fingerprint density at radius 1 is 0.703 bits per heavy atom. The zero-order chi connectivity index (χ0) is 25.3. The summed E-state index contributed by atoms with van der Waals surface area (Å²) in [6, 6.07) is 42.3. The second-order valence-corrected chi connectivity index (χ2v) is 12.4. The molecule has 1 fully saturated rings. The molecule has 1 heterocycles. The van der Waals surface area contributed by atoms with Gasteiger partial charge in [0.05, 0.1) is 28.9 Å². The highest BCUT2D eigenvalue weighted by atomic mass is 28.2. The minimum Gasteiger partial charge on any atom is -0.327 e. The van der Waals surface area contributed by atoms with Crippen molar-refractivity contribution in [3.63, 3.8) is 0 Å². The van der Waals surface area contributed by atoms with Crippen LogP contribution in [-0.4, -0.2) is 26.9 Å². The molecular formula is C33H33BN2Si. The third-order valence-electron chi connectivity index (χ3n) is 7.57. The molecule has 4 aromatic carbocycles. The van der Waals surface area contributed by atoms with E-state index >= 15 is 0 Å². The molecular weight excluding hydrogens is 463 g/mol. The van der Waals surface area contributed by atoms with E-state index in [9.17, 15) is 0 Å². The molecule has 0 spiro atoms. The van der Waals surface area contributed by atoms with Crippen LogP contribution in [0.15, 0.2) is 140 Å². The van der Waals surface area contributed by atoms with Crippen LogP contribution in [0, 0.1) is 0 Å². The molecule has 4 heteroatoms. The topological polar surface area (TPSA) is 17.8 Å². The van der Waals surface area contributed by atoms with Gasteiger partial charge in [0, 0.05) is 12.4 Å². The van der Waals surface area contributed by atoms with E-state index in [0.717, 1.165) is 16.7 Å². The van der Waals surface area contributed by atoms with E-state index in [4.69, 9.17) is 7.85 Å². The molecule has 182 valence electrons. The summed E-state index contributed by atoms with van der Waals surface area (Å²) in [6.45, 7) is 0. The van der Waals surface area contributed by atoms with Gasteiger partial charge in [-0.05, 0) is 33.6 Å². The summed E-state index contributed by atoms with van der Waals surface area (Å²) in [5, 5.41) is -0.0237. The second kappa shape index (κ2) is 12.1. The lowest BCUT2D eigenvalue weighted by Crippen LogP contribution is -2.44. The standard InChI is InChI=1S/C20H22N2Si.C13H11B/c1-3-8-17(9-4-1)20(22-15-14-21-16-22,23-19-12-7-13-19)18-10-5-2-6-11-18;14-13(11-7-3-1-4-8-11)12-9-5-2-6-10-12/h1-6,8-11,14-16,19H,7,12-13,23H2;1-10,13H. The molecule has 0 amide bonds. The summed E-state index contributed by atoms with van der Waals surface area (Å²) in [4.78, 5) is 4.38. The lowest BCUT2D eigenvalue weighted by Gasteiger charge is -2.41. The predicted octanol–water partition coefficient (Wildman–Crippen LogP) is 6.72. The fourth-order valence-corrected chi connectivity index (χ4v) is 8.51. The van der Waals surface area contributed by atoms with Crippen molar-refractivity contribution in [1.82, 2.24) is 9.55 Å². The number of benzene rings is 4. The van der Waals surface area contributed by atoms with Crippen molar-refractivity contribution in [2.75, 3.05) is 0 Å². The molecule has 1 saturated carbocycles. The Bertz CT molecular complexity index is 1240. The lowest BCUT2D eigenvalue weighted by molar-refractivity contribution is 0.474. The van der Waals surface area contributed by atoms with Crippen LogP contribution < -0.4 is 0 Å². The zero-order valence-corrected chi connectivity index (χ0v) is 22.6. The van der Waals surface area contributed by atoms with Crippen LogP contribution in [0.5, 0.6) is 0 Å². The Morgan fingerprint density at radius 3 is 1.54 bits per heavy atom. The van der Waals surface area contributed by atoms with Gasteiger partial charge < -0.3 is 4.57 Å². The summed E-state index contributed by atoms with van der Waals surface area (Å²) in [7, 11) is 5.70. The Balaban J connectivity index is 0.000000171. The number of imidazole rings is 1. The fourth-order valence-electron chi connectivity index (χ4n) is 5.35. The summed E-state index contributed by atoms with van der Waals surface area (Å²) < 4.78 is 2.36. The Hall–Kier alpha value is -3.63. The average molecular weight is 497 g/mol. The van der Waals surface area contributed by atoms with Gasteiger partial charge in [-0.15, -0.1) is 0 Å². The number of hydrogen-bond acceptors (Lipinski definition) is 1. The summed E-state index contributed by atoms with van der Waals surface area (Å²) >= 11 is 0. The van der Waals surface area contributed by atoms with Crippen LogP contribution in [-0.2, 0) is 5.16 Å². The minimum atomic E-state index is -0.413. The number of aromatic nitrogens is 2. The quantitative estimate of drug-likeness (QED) is 0.229. The van der Waals surface area contributed by atoms with Crippen molar-refractivity contribution in [1.29, 1.82) is 0 Å². The lowest BCUT2D eigenvalue weighted by atomic mass is 9.76. The molecule has 2 radical (unpaired) electrons. The first-order valence-electron chi connectivity index (χ1n) is 13.2. The van der Waals surface area contributed by atoms with Crippen molar-refractivity contribution < 1.29 is 0 Å². The Kier molecular flexibility index (Phi) is 8.17. The van der Waals surface area contributed by atoms with Crippen LogP contribution in [0.3, 0.4) is 0 Å². The van der Waals surface area contributed by atoms with Gasteiger partial charge in [0.2, 0.25) is 0 Å². The molecule has 0 atom stereocenters. The van der Waals surface area contributed by atoms with Crippen molar-refractivity contribution in [2.24, 2.45) is 0 Å². The molecule has 0 unspecified atom stereocenters. The molecule has 0 bridgehead atoms. The van der Waals surface area contributed by atoms with E-state index in [1.54, 1.807) is 0 Å². The number of nitrogens with zero attached hydrogens (tertiary/aromatic N) is 2. The summed E-state index contributed by atoms with van der Waals surface area (Å²) in [5.41, 5.74) is 6.04. The highest BCUT2D eigenvalue weighted by molar-refractivity contribution is 6.43. The molecule has 0 aliphatic heterocycles. The monoisotopic (exact) mass is 496 g/mol. The molecule has 1 aliphatic rings. The zero-order valence-electron chi connectivity index (χ0n) is 21.2. The van der Waals surface area contributed by atoms with Crippen LogP contribution in [0.25, 0.3) is 0 Å². The van der Waals surface area contributed by atoms with Crippen LogP contribution in [0.4, 0.5) is 0 Å². The minimum absolute atomic E-state index is 0.0163. The summed E-state index contributed by atoms with van der Waals surface area (Å²) in [5.74, 6) is -0.0163. The van der Waals surface area contributed by atoms with Crippen LogP contribution in [0.1, 0.15) is 47.3 Å². The molecule has 6 rings (SSSR count). The van der Waals surface area contributed by atoms with E-state index in [2.05, 4.69) is 101 Å². The molecule has 37 heavy (non-hydrogen) atoms. The van der Waals surface area contributed by atoms with Gasteiger partial charge in [-0.2, -0.15) is 0 Å². The van der Waals surface area contributed by atoms with Crippen molar-refractivity contribution in [2.45, 2.75) is 35.8 Å². The van der Waals surface area contributed by atoms with Gasteiger partial charge >= 0.3 is 0 Å². The predicted molar refractivity (Wildman–Crippen MR) is 158 cm³/mol. The fraction of sp³-hybridized carbons (Fsp3) is 0.182. The Labute approximate surface area is 224 Å². The first-order chi connectivity index (χ1) is 18.3. The maximum absolute atomic E-state index is 6.12. The first-order valence-corrected chi connectivity index (χ1v) is 14.7. The van der Waals surface area contributed by atoms with E-state index in [0.29, 0.717) is 0 Å². The van der Waals surface area contributed by atoms with Gasteiger partial charge in [-0.3, -0.25) is 0 Å². The smallest absolute Gasteiger partial charge is 0.0953 e. The maximum atomic E-state index is 6.12. The van der Waals surface area contributed by atoms with E-state index < -0.39 is 9.52 Å². The third kappa shape index (κ3) is 5.70. The Morgan fingerprint density at radius 2 is 1.16 bits per heavy atom. The number of hydrogen-bond donors (Lipinski definition) is 0. The second-order valence-electron chi connectivity index (χ2n) is 9.86. The van der Waals surface area contributed by atoms with Crippen molar-refractivity contribution in [3.8, 4) is 0 Å².